The first-order valence-electron chi connectivity index (χ1n) is 3.05. The summed E-state index contributed by atoms with van der Waals surface area (Å²) in [5.41, 5.74) is 0.443. The van der Waals surface area contributed by atoms with Crippen molar-refractivity contribution in [1.29, 1.82) is 0 Å². The molecule has 1 aromatic rings. The molecule has 0 aliphatic carbocycles. The lowest BCUT2D eigenvalue weighted by atomic mass is 10.3. The highest BCUT2D eigenvalue weighted by Gasteiger charge is 2.12. The van der Waals surface area contributed by atoms with E-state index in [9.17, 15) is 4.79 Å². The minimum atomic E-state index is -0.399. The van der Waals surface area contributed by atoms with Gasteiger partial charge in [0.25, 0.3) is 0 Å². The van der Waals surface area contributed by atoms with E-state index in [1.807, 2.05) is 22.6 Å². The number of nitrogens with zero attached hydrogens (tertiary/aromatic N) is 1. The molecule has 1 aromatic heterocycles. The second-order valence-electron chi connectivity index (χ2n) is 1.95. The lowest BCUT2D eigenvalue weighted by Gasteiger charge is -2.01. The van der Waals surface area contributed by atoms with E-state index in [0.29, 0.717) is 14.3 Å². The fourth-order valence-electron chi connectivity index (χ4n) is 0.686. The zero-order valence-electron chi connectivity index (χ0n) is 6.17. The van der Waals surface area contributed by atoms with Gasteiger partial charge in [0.15, 0.2) is 0 Å². The molecule has 5 heteroatoms. The van der Waals surface area contributed by atoms with Crippen LogP contribution in [0.1, 0.15) is 10.4 Å². The highest BCUT2D eigenvalue weighted by atomic mass is 127. The van der Waals surface area contributed by atoms with Gasteiger partial charge in [0.1, 0.15) is 5.15 Å². The van der Waals surface area contributed by atoms with Crippen molar-refractivity contribution >= 4 is 40.2 Å². The van der Waals surface area contributed by atoms with Gasteiger partial charge in [0.05, 0.1) is 16.2 Å². The van der Waals surface area contributed by atoms with Crippen LogP contribution in [-0.4, -0.2) is 18.1 Å². The van der Waals surface area contributed by atoms with Crippen LogP contribution in [0.5, 0.6) is 0 Å². The van der Waals surface area contributed by atoms with E-state index in [0.717, 1.165) is 0 Å². The van der Waals surface area contributed by atoms with Gasteiger partial charge >= 0.3 is 5.97 Å². The van der Waals surface area contributed by atoms with Crippen LogP contribution in [0, 0.1) is 3.57 Å². The van der Waals surface area contributed by atoms with Crippen molar-refractivity contribution in [1.82, 2.24) is 4.98 Å². The molecule has 0 unspecified atom stereocenters. The quantitative estimate of drug-likeness (QED) is 0.453. The summed E-state index contributed by atoms with van der Waals surface area (Å²) in [5, 5.41) is 0.318. The first-order valence-corrected chi connectivity index (χ1v) is 4.50. The first kappa shape index (κ1) is 9.73. The van der Waals surface area contributed by atoms with Crippen LogP contribution in [0.4, 0.5) is 0 Å². The van der Waals surface area contributed by atoms with Gasteiger partial charge in [-0.2, -0.15) is 0 Å². The SMILES string of the molecule is COC(=O)c1ccnc(Cl)c1I. The van der Waals surface area contributed by atoms with Crippen molar-refractivity contribution in [3.8, 4) is 0 Å². The molecule has 0 aliphatic rings. The fourth-order valence-corrected chi connectivity index (χ4v) is 1.38. The average molecular weight is 297 g/mol. The van der Waals surface area contributed by atoms with Crippen LogP contribution in [0.2, 0.25) is 5.15 Å². The molecule has 0 bridgehead atoms. The molecule has 1 heterocycles. The summed E-state index contributed by atoms with van der Waals surface area (Å²) >= 11 is 7.64. The number of rotatable bonds is 1. The largest absolute Gasteiger partial charge is 0.465 e. The number of halogens is 2. The second kappa shape index (κ2) is 4.04. The topological polar surface area (TPSA) is 39.2 Å². The van der Waals surface area contributed by atoms with E-state index in [1.165, 1.54) is 13.3 Å². The van der Waals surface area contributed by atoms with Crippen LogP contribution in [0.3, 0.4) is 0 Å². The van der Waals surface area contributed by atoms with E-state index in [4.69, 9.17) is 11.6 Å². The highest BCUT2D eigenvalue weighted by Crippen LogP contribution is 2.19. The Kier molecular flexibility index (Phi) is 3.28. The Morgan fingerprint density at radius 3 is 3.00 bits per heavy atom. The molecule has 0 saturated heterocycles. The third-order valence-electron chi connectivity index (χ3n) is 1.25. The van der Waals surface area contributed by atoms with Crippen molar-refractivity contribution in [3.05, 3.63) is 26.5 Å². The minimum absolute atomic E-state index is 0.318. The molecule has 0 radical (unpaired) electrons. The Labute approximate surface area is 88.2 Å². The zero-order valence-corrected chi connectivity index (χ0v) is 9.09. The summed E-state index contributed by atoms with van der Waals surface area (Å²) in [4.78, 5) is 14.9. The summed E-state index contributed by atoms with van der Waals surface area (Å²) in [6.07, 6.45) is 1.47. The number of carbonyl (C=O) groups is 1. The Hall–Kier alpha value is -0.360. The van der Waals surface area contributed by atoms with Crippen molar-refractivity contribution in [3.63, 3.8) is 0 Å². The van der Waals surface area contributed by atoms with Crippen molar-refractivity contribution in [2.45, 2.75) is 0 Å². The zero-order chi connectivity index (χ0) is 9.14. The summed E-state index contributed by atoms with van der Waals surface area (Å²) in [5.74, 6) is -0.399. The van der Waals surface area contributed by atoms with Crippen molar-refractivity contribution < 1.29 is 9.53 Å². The van der Waals surface area contributed by atoms with Crippen LogP contribution < -0.4 is 0 Å². The Balaban J connectivity index is 3.16. The van der Waals surface area contributed by atoms with E-state index < -0.39 is 5.97 Å². The van der Waals surface area contributed by atoms with E-state index in [1.54, 1.807) is 6.07 Å². The molecule has 0 saturated carbocycles. The van der Waals surface area contributed by atoms with Gasteiger partial charge in [-0.05, 0) is 28.7 Å². The summed E-state index contributed by atoms with van der Waals surface area (Å²) < 4.78 is 5.16. The third-order valence-corrected chi connectivity index (χ3v) is 2.95. The van der Waals surface area contributed by atoms with Crippen LogP contribution in [0.15, 0.2) is 12.3 Å². The number of hydrogen-bond donors (Lipinski definition) is 0. The molecule has 1 rings (SSSR count). The maximum atomic E-state index is 11.1. The first-order chi connectivity index (χ1) is 5.66. The summed E-state index contributed by atoms with van der Waals surface area (Å²) in [6.45, 7) is 0. The molecule has 0 amide bonds. The number of ether oxygens (including phenoxy) is 1. The van der Waals surface area contributed by atoms with Crippen LogP contribution in [-0.2, 0) is 4.74 Å². The third kappa shape index (κ3) is 1.87. The maximum Gasteiger partial charge on any atom is 0.339 e. The van der Waals surface area contributed by atoms with E-state index in [2.05, 4.69) is 9.72 Å². The minimum Gasteiger partial charge on any atom is -0.465 e. The number of esters is 1. The average Bonchev–Trinajstić information content (AvgIpc) is 2.08. The number of hydrogen-bond acceptors (Lipinski definition) is 3. The molecular formula is C7H5ClINO2. The predicted molar refractivity (Wildman–Crippen MR) is 53.3 cm³/mol. The molecule has 3 nitrogen and oxygen atoms in total. The smallest absolute Gasteiger partial charge is 0.339 e. The Bertz CT molecular complexity index is 316. The van der Waals surface area contributed by atoms with Gasteiger partial charge in [-0.3, -0.25) is 0 Å². The van der Waals surface area contributed by atoms with Gasteiger partial charge in [0.2, 0.25) is 0 Å². The molecule has 12 heavy (non-hydrogen) atoms. The van der Waals surface area contributed by atoms with Crippen LogP contribution in [0.25, 0.3) is 0 Å². The number of pyridine rings is 1. The number of aromatic nitrogens is 1. The van der Waals surface area contributed by atoms with Gasteiger partial charge in [-0.15, -0.1) is 0 Å². The molecule has 64 valence electrons. The van der Waals surface area contributed by atoms with Crippen LogP contribution >= 0.6 is 34.2 Å². The molecule has 0 N–H and O–H groups in total. The molecule has 0 fully saturated rings. The summed E-state index contributed by atoms with van der Waals surface area (Å²) in [6, 6.07) is 1.57. The molecular weight excluding hydrogens is 292 g/mol. The second-order valence-corrected chi connectivity index (χ2v) is 3.39. The number of methoxy groups -OCH3 is 1. The predicted octanol–water partition coefficient (Wildman–Crippen LogP) is 2.13. The molecule has 0 spiro atoms. The summed E-state index contributed by atoms with van der Waals surface area (Å²) in [7, 11) is 1.33. The molecule has 0 atom stereocenters. The lowest BCUT2D eigenvalue weighted by molar-refractivity contribution is 0.0599. The van der Waals surface area contributed by atoms with E-state index in [-0.39, 0.29) is 0 Å². The van der Waals surface area contributed by atoms with E-state index >= 15 is 0 Å². The molecule has 0 aromatic carbocycles. The van der Waals surface area contributed by atoms with Crippen molar-refractivity contribution in [2.24, 2.45) is 0 Å². The van der Waals surface area contributed by atoms with Crippen molar-refractivity contribution in [2.75, 3.05) is 7.11 Å². The standard InChI is InChI=1S/C7H5ClINO2/c1-12-7(11)4-2-3-10-6(8)5(4)9/h2-3H,1H3. The highest BCUT2D eigenvalue weighted by molar-refractivity contribution is 14.1. The van der Waals surface area contributed by atoms with Gasteiger partial charge in [-0.1, -0.05) is 11.6 Å². The monoisotopic (exact) mass is 297 g/mol. The van der Waals surface area contributed by atoms with Gasteiger partial charge in [0, 0.05) is 6.20 Å². The Morgan fingerprint density at radius 2 is 2.42 bits per heavy atom. The molecule has 0 aliphatic heterocycles. The normalized spacial score (nSPS) is 9.58. The van der Waals surface area contributed by atoms with Gasteiger partial charge < -0.3 is 4.74 Å². The number of carbonyl (C=O) groups excluding carboxylic acids is 1. The fraction of sp³-hybridized carbons (Fsp3) is 0.143. The lowest BCUT2D eigenvalue weighted by Crippen LogP contribution is -2.04. The maximum absolute atomic E-state index is 11.1. The Morgan fingerprint density at radius 1 is 1.75 bits per heavy atom. The van der Waals surface area contributed by atoms with Gasteiger partial charge in [-0.25, -0.2) is 9.78 Å².